The van der Waals surface area contributed by atoms with Crippen LogP contribution in [0.15, 0.2) is 11.6 Å². The molecule has 3 nitrogen and oxygen atoms in total. The highest BCUT2D eigenvalue weighted by Crippen LogP contribution is 2.68. The molecule has 4 rings (SSSR count). The van der Waals surface area contributed by atoms with Crippen LogP contribution in [0.1, 0.15) is 98.8 Å². The van der Waals surface area contributed by atoms with Gasteiger partial charge >= 0.3 is 0 Å². The molecule has 0 aromatic rings. The van der Waals surface area contributed by atoms with Crippen LogP contribution in [0.25, 0.3) is 0 Å². The molecule has 0 radical (unpaired) electrons. The van der Waals surface area contributed by atoms with Gasteiger partial charge in [-0.25, -0.2) is 0 Å². The molecule has 8 atom stereocenters. The van der Waals surface area contributed by atoms with E-state index in [1.54, 1.807) is 0 Å². The Balaban J connectivity index is 1.56. The number of aliphatic hydroxyl groups excluding tert-OH is 1. The summed E-state index contributed by atoms with van der Waals surface area (Å²) in [5.41, 5.74) is 0.885. The lowest BCUT2D eigenvalue weighted by Gasteiger charge is -2.61. The molecule has 1 unspecified atom stereocenters. The molecule has 0 heterocycles. The summed E-state index contributed by atoms with van der Waals surface area (Å²) in [6, 6.07) is 0. The van der Waals surface area contributed by atoms with Crippen LogP contribution >= 0.6 is 0 Å². The molecule has 0 aromatic heterocycles. The van der Waals surface area contributed by atoms with E-state index in [0.717, 1.165) is 37.0 Å². The third-order valence-electron chi connectivity index (χ3n) is 10.6. The maximum atomic E-state index is 11.1. The highest BCUT2D eigenvalue weighted by molar-refractivity contribution is 5.29. The zero-order valence-corrected chi connectivity index (χ0v) is 20.0. The quantitative estimate of drug-likeness (QED) is 0.398. The van der Waals surface area contributed by atoms with Gasteiger partial charge in [-0.2, -0.15) is 0 Å². The second-order valence-electron chi connectivity index (χ2n) is 12.4. The summed E-state index contributed by atoms with van der Waals surface area (Å²) < 4.78 is 0. The van der Waals surface area contributed by atoms with Gasteiger partial charge in [0.1, 0.15) is 6.10 Å². The van der Waals surface area contributed by atoms with Crippen LogP contribution < -0.4 is 0 Å². The molecule has 0 bridgehead atoms. The topological polar surface area (TPSA) is 60.7 Å². The van der Waals surface area contributed by atoms with Gasteiger partial charge < -0.3 is 15.3 Å². The monoisotopic (exact) mass is 418 g/mol. The van der Waals surface area contributed by atoms with Crippen molar-refractivity contribution in [3.63, 3.8) is 0 Å². The third kappa shape index (κ3) is 3.25. The van der Waals surface area contributed by atoms with E-state index in [1.165, 1.54) is 44.1 Å². The molecule has 0 saturated heterocycles. The fourth-order valence-electron chi connectivity index (χ4n) is 8.80. The molecule has 4 aliphatic rings. The van der Waals surface area contributed by atoms with Crippen molar-refractivity contribution in [1.29, 1.82) is 0 Å². The van der Waals surface area contributed by atoms with Crippen LogP contribution in [-0.2, 0) is 0 Å². The molecule has 30 heavy (non-hydrogen) atoms. The molecule has 4 aliphatic carbocycles. The molecule has 3 N–H and O–H groups in total. The molecular weight excluding hydrogens is 372 g/mol. The van der Waals surface area contributed by atoms with E-state index >= 15 is 0 Å². The Morgan fingerprint density at radius 3 is 2.43 bits per heavy atom. The van der Waals surface area contributed by atoms with Crippen LogP contribution in [0.2, 0.25) is 0 Å². The van der Waals surface area contributed by atoms with Crippen LogP contribution in [0.5, 0.6) is 0 Å². The molecule has 172 valence electrons. The third-order valence-corrected chi connectivity index (χ3v) is 10.6. The summed E-state index contributed by atoms with van der Waals surface area (Å²) in [6.07, 6.45) is 12.6. The van der Waals surface area contributed by atoms with Gasteiger partial charge in [0.15, 0.2) is 5.79 Å². The van der Waals surface area contributed by atoms with Crippen LogP contribution in [0, 0.1) is 46.3 Å². The van der Waals surface area contributed by atoms with Crippen molar-refractivity contribution >= 4 is 0 Å². The van der Waals surface area contributed by atoms with E-state index in [-0.39, 0.29) is 5.92 Å². The van der Waals surface area contributed by atoms with Crippen molar-refractivity contribution in [3.8, 4) is 0 Å². The Labute approximate surface area is 184 Å². The van der Waals surface area contributed by atoms with Gasteiger partial charge in [-0.15, -0.1) is 0 Å². The average molecular weight is 419 g/mol. The molecule has 0 amide bonds. The van der Waals surface area contributed by atoms with Crippen molar-refractivity contribution in [2.45, 2.75) is 111 Å². The fourth-order valence-corrected chi connectivity index (χ4v) is 8.80. The lowest BCUT2D eigenvalue weighted by molar-refractivity contribution is -0.311. The normalized spacial score (nSPS) is 46.0. The number of allylic oxidation sites excluding steroid dienone is 1. The predicted molar refractivity (Wildman–Crippen MR) is 122 cm³/mol. The Bertz CT molecular complexity index is 667. The first-order valence-corrected chi connectivity index (χ1v) is 12.9. The van der Waals surface area contributed by atoms with E-state index in [1.807, 2.05) is 6.92 Å². The van der Waals surface area contributed by atoms with Crippen LogP contribution in [-0.4, -0.2) is 27.2 Å². The van der Waals surface area contributed by atoms with Gasteiger partial charge in [0, 0.05) is 5.41 Å². The SMILES string of the molecule is CC(C)CCC[C@@H](C)[C@H]1CC[C@H]2[C@@H]3CC=C4CCC(O)C(O)(O)[C@]4(C)[C@H]3CC[C@]12C. The van der Waals surface area contributed by atoms with Crippen LogP contribution in [0.3, 0.4) is 0 Å². The Kier molecular flexibility index (Phi) is 5.99. The first kappa shape index (κ1) is 22.8. The van der Waals surface area contributed by atoms with Gasteiger partial charge in [0.05, 0.1) is 0 Å². The smallest absolute Gasteiger partial charge is 0.199 e. The molecule has 0 spiro atoms. The zero-order chi connectivity index (χ0) is 21.9. The summed E-state index contributed by atoms with van der Waals surface area (Å²) >= 11 is 0. The van der Waals surface area contributed by atoms with Crippen molar-refractivity contribution in [2.24, 2.45) is 46.3 Å². The minimum absolute atomic E-state index is 0.274. The van der Waals surface area contributed by atoms with Gasteiger partial charge in [-0.1, -0.05) is 65.5 Å². The van der Waals surface area contributed by atoms with E-state index < -0.39 is 17.3 Å². The Morgan fingerprint density at radius 1 is 1.00 bits per heavy atom. The molecule has 3 heteroatoms. The second kappa shape index (κ2) is 7.89. The predicted octanol–water partition coefficient (Wildman–Crippen LogP) is 5.68. The summed E-state index contributed by atoms with van der Waals surface area (Å²) in [5, 5.41) is 32.7. The number of fused-ring (bicyclic) bond motifs is 5. The summed E-state index contributed by atoms with van der Waals surface area (Å²) in [5.74, 6) is 1.86. The van der Waals surface area contributed by atoms with E-state index in [0.29, 0.717) is 23.7 Å². The minimum atomic E-state index is -2.00. The standard InChI is InChI=1S/C27H46O3/c1-17(2)7-6-8-18(3)21-12-13-22-20-11-9-19-10-14-24(28)27(29,30)26(19,5)23(20)15-16-25(21,22)4/h9,17-18,20-24,28-30H,6-8,10-16H2,1-5H3/t18-,20+,21-,22+,23+,24?,25-,26+/m1/s1. The second-order valence-corrected chi connectivity index (χ2v) is 12.4. The summed E-state index contributed by atoms with van der Waals surface area (Å²) in [6.45, 7) is 11.8. The van der Waals surface area contributed by atoms with Gasteiger partial charge in [-0.05, 0) is 85.9 Å². The first-order chi connectivity index (χ1) is 14.0. The maximum Gasteiger partial charge on any atom is 0.199 e. The van der Waals surface area contributed by atoms with Crippen molar-refractivity contribution in [2.75, 3.05) is 0 Å². The van der Waals surface area contributed by atoms with Gasteiger partial charge in [0.2, 0.25) is 0 Å². The average Bonchev–Trinajstić information content (AvgIpc) is 3.03. The Hall–Kier alpha value is -0.380. The van der Waals surface area contributed by atoms with Crippen LogP contribution in [0.4, 0.5) is 0 Å². The first-order valence-electron chi connectivity index (χ1n) is 12.9. The van der Waals surface area contributed by atoms with E-state index in [4.69, 9.17) is 0 Å². The molecule has 3 saturated carbocycles. The number of rotatable bonds is 5. The highest BCUT2D eigenvalue weighted by atomic mass is 16.5. The summed E-state index contributed by atoms with van der Waals surface area (Å²) in [4.78, 5) is 0. The van der Waals surface area contributed by atoms with E-state index in [2.05, 4.69) is 33.8 Å². The molecule has 3 fully saturated rings. The van der Waals surface area contributed by atoms with Gasteiger partial charge in [-0.3, -0.25) is 0 Å². The molecule has 0 aromatic carbocycles. The van der Waals surface area contributed by atoms with Crippen molar-refractivity contribution < 1.29 is 15.3 Å². The zero-order valence-electron chi connectivity index (χ0n) is 20.0. The minimum Gasteiger partial charge on any atom is -0.387 e. The molecule has 0 aliphatic heterocycles. The lowest BCUT2D eigenvalue weighted by Crippen LogP contribution is -2.65. The number of aliphatic hydroxyl groups is 3. The van der Waals surface area contributed by atoms with E-state index in [9.17, 15) is 15.3 Å². The van der Waals surface area contributed by atoms with Crippen molar-refractivity contribution in [3.05, 3.63) is 11.6 Å². The maximum absolute atomic E-state index is 11.1. The summed E-state index contributed by atoms with van der Waals surface area (Å²) in [7, 11) is 0. The Morgan fingerprint density at radius 2 is 1.73 bits per heavy atom. The number of hydrogen-bond donors (Lipinski definition) is 3. The molecular formula is C27H46O3. The largest absolute Gasteiger partial charge is 0.387 e. The highest BCUT2D eigenvalue weighted by Gasteiger charge is 2.65. The van der Waals surface area contributed by atoms with Gasteiger partial charge in [0.25, 0.3) is 0 Å². The fraction of sp³-hybridized carbons (Fsp3) is 0.926. The number of hydrogen-bond acceptors (Lipinski definition) is 3. The van der Waals surface area contributed by atoms with Crippen molar-refractivity contribution in [1.82, 2.24) is 0 Å². The lowest BCUT2D eigenvalue weighted by atomic mass is 9.45.